The molecule has 0 atom stereocenters. The predicted molar refractivity (Wildman–Crippen MR) is 131 cm³/mol. The van der Waals surface area contributed by atoms with Crippen LogP contribution in [0.5, 0.6) is 5.75 Å². The van der Waals surface area contributed by atoms with Gasteiger partial charge in [-0.3, -0.25) is 14.6 Å². The van der Waals surface area contributed by atoms with Crippen LogP contribution in [0.1, 0.15) is 43.9 Å². The van der Waals surface area contributed by atoms with Gasteiger partial charge in [0.1, 0.15) is 23.5 Å². The normalized spacial score (nSPS) is 19.9. The fourth-order valence-electron chi connectivity index (χ4n) is 5.05. The lowest BCUT2D eigenvalue weighted by molar-refractivity contribution is -0.138. The fourth-order valence-corrected chi connectivity index (χ4v) is 5.52. The Morgan fingerprint density at radius 1 is 1.22 bits per heavy atom. The van der Waals surface area contributed by atoms with E-state index in [1.54, 1.807) is 4.90 Å². The van der Waals surface area contributed by atoms with E-state index >= 15 is 0 Å². The SMILES string of the molecule is CCCN1CC(Oc2ccc(N3C(=S)N(c4cnc(C#N)c(C(F)(F)F)c4)C(=O)C34CCC4)cc2)C1. The number of nitrogens with zero attached hydrogens (tertiary/aromatic N) is 5. The number of rotatable bonds is 6. The first-order valence-electron chi connectivity index (χ1n) is 11.8. The molecule has 1 spiro atoms. The molecule has 3 fully saturated rings. The lowest BCUT2D eigenvalue weighted by atomic mass is 9.75. The van der Waals surface area contributed by atoms with Crippen LogP contribution in [-0.2, 0) is 11.0 Å². The minimum atomic E-state index is -4.80. The van der Waals surface area contributed by atoms with Crippen LogP contribution in [0.25, 0.3) is 0 Å². The van der Waals surface area contributed by atoms with Gasteiger partial charge in [-0.2, -0.15) is 18.4 Å². The van der Waals surface area contributed by atoms with Crippen molar-refractivity contribution in [2.24, 2.45) is 0 Å². The number of aromatic nitrogens is 1. The Labute approximate surface area is 212 Å². The molecule has 0 bridgehead atoms. The topological polar surface area (TPSA) is 72.7 Å². The molecule has 0 N–H and O–H groups in total. The molecule has 3 heterocycles. The van der Waals surface area contributed by atoms with Gasteiger partial charge in [-0.25, -0.2) is 4.98 Å². The Balaban J connectivity index is 1.41. The third-order valence-electron chi connectivity index (χ3n) is 7.00. The van der Waals surface area contributed by atoms with E-state index in [2.05, 4.69) is 16.8 Å². The summed E-state index contributed by atoms with van der Waals surface area (Å²) in [5.74, 6) is 0.325. The lowest BCUT2D eigenvalue weighted by Gasteiger charge is -2.43. The van der Waals surface area contributed by atoms with Gasteiger partial charge in [-0.1, -0.05) is 6.92 Å². The Hall–Kier alpha value is -3.23. The van der Waals surface area contributed by atoms with Crippen LogP contribution in [0.4, 0.5) is 24.5 Å². The quantitative estimate of drug-likeness (QED) is 0.525. The van der Waals surface area contributed by atoms with Gasteiger partial charge in [0.05, 0.1) is 17.4 Å². The Bertz CT molecular complexity index is 1230. The van der Waals surface area contributed by atoms with Gasteiger partial charge in [-0.15, -0.1) is 0 Å². The van der Waals surface area contributed by atoms with E-state index < -0.39 is 23.0 Å². The molecule has 2 saturated heterocycles. The Kier molecular flexibility index (Phi) is 6.12. The van der Waals surface area contributed by atoms with Crippen LogP contribution < -0.4 is 14.5 Å². The number of nitriles is 1. The molecule has 0 unspecified atom stereocenters. The van der Waals surface area contributed by atoms with E-state index in [9.17, 15) is 18.0 Å². The van der Waals surface area contributed by atoms with Crippen LogP contribution in [0.2, 0.25) is 0 Å². The number of likely N-dealkylation sites (tertiary alicyclic amines) is 1. The highest BCUT2D eigenvalue weighted by atomic mass is 32.1. The van der Waals surface area contributed by atoms with Gasteiger partial charge < -0.3 is 9.64 Å². The second-order valence-corrected chi connectivity index (χ2v) is 9.70. The molecular formula is C25H24F3N5O2S. The highest BCUT2D eigenvalue weighted by Gasteiger charge is 2.59. The van der Waals surface area contributed by atoms with E-state index in [-0.39, 0.29) is 22.8 Å². The van der Waals surface area contributed by atoms with Gasteiger partial charge in [0, 0.05) is 18.8 Å². The molecule has 2 aromatic rings. The molecule has 1 amide bonds. The summed E-state index contributed by atoms with van der Waals surface area (Å²) in [7, 11) is 0. The van der Waals surface area contributed by atoms with E-state index in [0.717, 1.165) is 49.6 Å². The first kappa shape index (κ1) is 24.5. The molecule has 1 aromatic heterocycles. The number of ether oxygens (including phenoxy) is 1. The lowest BCUT2D eigenvalue weighted by Crippen LogP contribution is -2.55. The highest BCUT2D eigenvalue weighted by Crippen LogP contribution is 2.48. The van der Waals surface area contributed by atoms with Gasteiger partial charge >= 0.3 is 6.18 Å². The molecule has 0 radical (unpaired) electrons. The molecule has 1 aromatic carbocycles. The van der Waals surface area contributed by atoms with Crippen molar-refractivity contribution in [2.75, 3.05) is 29.4 Å². The molecule has 5 rings (SSSR count). The average molecular weight is 516 g/mol. The maximum absolute atomic E-state index is 13.6. The summed E-state index contributed by atoms with van der Waals surface area (Å²) in [6.07, 6.45) is -0.601. The van der Waals surface area contributed by atoms with Crippen LogP contribution in [0.15, 0.2) is 36.5 Å². The number of thiocarbonyl (C=S) groups is 1. The van der Waals surface area contributed by atoms with Gasteiger partial charge in [0.25, 0.3) is 5.91 Å². The van der Waals surface area contributed by atoms with Crippen LogP contribution >= 0.6 is 12.2 Å². The monoisotopic (exact) mass is 515 g/mol. The van der Waals surface area contributed by atoms with Crippen LogP contribution in [0, 0.1) is 11.3 Å². The largest absolute Gasteiger partial charge is 0.488 e. The van der Waals surface area contributed by atoms with E-state index in [0.29, 0.717) is 24.3 Å². The van der Waals surface area contributed by atoms with Crippen molar-refractivity contribution in [3.63, 3.8) is 0 Å². The number of hydrogen-bond donors (Lipinski definition) is 0. The molecule has 1 saturated carbocycles. The summed E-state index contributed by atoms with van der Waals surface area (Å²) >= 11 is 5.64. The number of alkyl halides is 3. The maximum Gasteiger partial charge on any atom is 0.419 e. The second kappa shape index (κ2) is 9.01. The number of carbonyl (C=O) groups is 1. The molecule has 3 aliphatic rings. The summed E-state index contributed by atoms with van der Waals surface area (Å²) in [5.41, 5.74) is -2.33. The minimum Gasteiger partial charge on any atom is -0.488 e. The Morgan fingerprint density at radius 2 is 1.92 bits per heavy atom. The van der Waals surface area contributed by atoms with Gasteiger partial charge in [-0.05, 0) is 74.8 Å². The summed E-state index contributed by atoms with van der Waals surface area (Å²) < 4.78 is 46.6. The number of amides is 1. The second-order valence-electron chi connectivity index (χ2n) is 9.34. The van der Waals surface area contributed by atoms with Crippen LogP contribution in [0.3, 0.4) is 0 Å². The number of hydrogen-bond acceptors (Lipinski definition) is 6. The predicted octanol–water partition coefficient (Wildman–Crippen LogP) is 4.51. The number of halogens is 3. The fraction of sp³-hybridized carbons (Fsp3) is 0.440. The molecule has 188 valence electrons. The molecule has 7 nitrogen and oxygen atoms in total. The van der Waals surface area contributed by atoms with E-state index in [4.69, 9.17) is 22.2 Å². The van der Waals surface area contributed by atoms with Crippen molar-refractivity contribution >= 4 is 34.6 Å². The first-order valence-corrected chi connectivity index (χ1v) is 12.2. The third kappa shape index (κ3) is 3.98. The number of benzene rings is 1. The number of carbonyl (C=O) groups excluding carboxylic acids is 1. The van der Waals surface area contributed by atoms with E-state index in [1.165, 1.54) is 6.07 Å². The summed E-state index contributed by atoms with van der Waals surface area (Å²) in [5, 5.41) is 9.14. The molecule has 36 heavy (non-hydrogen) atoms. The molecule has 2 aliphatic heterocycles. The standard InChI is InChI=1S/C25H24F3N5O2S/c1-2-10-31-14-19(15-31)35-18-6-4-16(5-7-18)33-23(36)32(22(34)24(33)8-3-9-24)17-11-20(25(26,27)28)21(12-29)30-13-17/h4-7,11,13,19H,2-3,8-10,14-15H2,1H3. The average Bonchev–Trinajstić information content (AvgIpc) is 3.04. The molecule has 11 heteroatoms. The number of pyridine rings is 1. The number of anilines is 2. The maximum atomic E-state index is 13.6. The Morgan fingerprint density at radius 3 is 2.47 bits per heavy atom. The zero-order valence-corrected chi connectivity index (χ0v) is 20.4. The van der Waals surface area contributed by atoms with Crippen molar-refractivity contribution in [1.29, 1.82) is 5.26 Å². The third-order valence-corrected chi connectivity index (χ3v) is 7.36. The van der Waals surface area contributed by atoms with Crippen molar-refractivity contribution in [1.82, 2.24) is 9.88 Å². The highest BCUT2D eigenvalue weighted by molar-refractivity contribution is 7.81. The van der Waals surface area contributed by atoms with Crippen molar-refractivity contribution in [2.45, 2.75) is 50.4 Å². The van der Waals surface area contributed by atoms with Crippen LogP contribution in [-0.4, -0.2) is 52.2 Å². The zero-order valence-electron chi connectivity index (χ0n) is 19.6. The van der Waals surface area contributed by atoms with Gasteiger partial charge in [0.2, 0.25) is 0 Å². The van der Waals surface area contributed by atoms with E-state index in [1.807, 2.05) is 24.3 Å². The smallest absolute Gasteiger partial charge is 0.419 e. The van der Waals surface area contributed by atoms with Crippen molar-refractivity contribution in [3.05, 3.63) is 47.8 Å². The van der Waals surface area contributed by atoms with Gasteiger partial charge in [0.15, 0.2) is 10.8 Å². The van der Waals surface area contributed by atoms with Crippen molar-refractivity contribution in [3.8, 4) is 11.8 Å². The van der Waals surface area contributed by atoms with Crippen molar-refractivity contribution < 1.29 is 22.7 Å². The minimum absolute atomic E-state index is 0.0854. The summed E-state index contributed by atoms with van der Waals surface area (Å²) in [6, 6.07) is 9.51. The molecular weight excluding hydrogens is 491 g/mol. The molecule has 1 aliphatic carbocycles. The summed E-state index contributed by atoms with van der Waals surface area (Å²) in [4.78, 5) is 22.4. The first-order chi connectivity index (χ1) is 17.2. The zero-order chi connectivity index (χ0) is 25.7. The summed E-state index contributed by atoms with van der Waals surface area (Å²) in [6.45, 7) is 4.97.